The molecule has 1 saturated heterocycles. The maximum absolute atomic E-state index is 14.0. The molecule has 0 radical (unpaired) electrons. The van der Waals surface area contributed by atoms with Gasteiger partial charge in [0.2, 0.25) is 0 Å². The Bertz CT molecular complexity index is 958. The summed E-state index contributed by atoms with van der Waals surface area (Å²) in [4.78, 5) is 53.7. The van der Waals surface area contributed by atoms with Crippen molar-refractivity contribution in [1.29, 1.82) is 0 Å². The summed E-state index contributed by atoms with van der Waals surface area (Å²) in [6.45, 7) is 15.2. The maximum atomic E-state index is 14.0. The lowest BCUT2D eigenvalue weighted by atomic mass is 9.85. The van der Waals surface area contributed by atoms with Crippen molar-refractivity contribution in [1.82, 2.24) is 15.3 Å². The van der Waals surface area contributed by atoms with Crippen LogP contribution in [0, 0.1) is 5.41 Å². The minimum Gasteiger partial charge on any atom is -0.447 e. The monoisotopic (exact) mass is 505 g/mol. The molecule has 2 atom stereocenters. The first kappa shape index (κ1) is 28.9. The lowest BCUT2D eigenvalue weighted by Gasteiger charge is -2.40. The highest BCUT2D eigenvalue weighted by molar-refractivity contribution is 5.98. The van der Waals surface area contributed by atoms with Crippen molar-refractivity contribution in [3.63, 3.8) is 0 Å². The second-order valence-electron chi connectivity index (χ2n) is 11.9. The van der Waals surface area contributed by atoms with Crippen LogP contribution in [0.5, 0.6) is 0 Å². The van der Waals surface area contributed by atoms with Gasteiger partial charge in [0.1, 0.15) is 23.9 Å². The van der Waals surface area contributed by atoms with Gasteiger partial charge >= 0.3 is 18.3 Å². The number of hydrazine groups is 1. The largest absolute Gasteiger partial charge is 0.447 e. The molecule has 1 heterocycles. The summed E-state index contributed by atoms with van der Waals surface area (Å²) in [7, 11) is 0. The van der Waals surface area contributed by atoms with Gasteiger partial charge < -0.3 is 14.2 Å². The van der Waals surface area contributed by atoms with Crippen LogP contribution in [0.2, 0.25) is 0 Å². The number of nitrogens with zero attached hydrogens (tertiary/aromatic N) is 2. The molecule has 1 aliphatic rings. The molecule has 200 valence electrons. The van der Waals surface area contributed by atoms with E-state index >= 15 is 0 Å². The number of carbonyl (C=O) groups excluding carboxylic acids is 4. The number of amides is 4. The van der Waals surface area contributed by atoms with Crippen LogP contribution in [-0.4, -0.2) is 64.0 Å². The molecule has 0 aromatic heterocycles. The van der Waals surface area contributed by atoms with Crippen LogP contribution in [0.3, 0.4) is 0 Å². The van der Waals surface area contributed by atoms with Gasteiger partial charge in [0.25, 0.3) is 5.91 Å². The Hall–Kier alpha value is -3.30. The third-order valence-corrected chi connectivity index (χ3v) is 5.03. The topological polar surface area (TPSA) is 114 Å². The van der Waals surface area contributed by atoms with Crippen LogP contribution in [0.1, 0.15) is 67.9 Å². The number of imide groups is 1. The highest BCUT2D eigenvalue weighted by atomic mass is 16.6. The van der Waals surface area contributed by atoms with Gasteiger partial charge in [0.15, 0.2) is 0 Å². The van der Waals surface area contributed by atoms with Crippen molar-refractivity contribution in [3.05, 3.63) is 35.9 Å². The first-order valence-electron chi connectivity index (χ1n) is 11.9. The van der Waals surface area contributed by atoms with Gasteiger partial charge in [-0.05, 0) is 58.9 Å². The van der Waals surface area contributed by atoms with Gasteiger partial charge in [-0.25, -0.2) is 29.7 Å². The van der Waals surface area contributed by atoms with Crippen molar-refractivity contribution >= 4 is 24.2 Å². The van der Waals surface area contributed by atoms with E-state index in [9.17, 15) is 19.2 Å². The molecule has 0 saturated carbocycles. The fraction of sp³-hybridized carbons (Fsp3) is 0.615. The summed E-state index contributed by atoms with van der Waals surface area (Å²) in [5, 5.41) is 0.812. The first-order chi connectivity index (χ1) is 16.4. The second-order valence-corrected chi connectivity index (χ2v) is 11.9. The fourth-order valence-corrected chi connectivity index (χ4v) is 3.69. The van der Waals surface area contributed by atoms with Crippen molar-refractivity contribution in [2.24, 2.45) is 5.41 Å². The first-order valence-corrected chi connectivity index (χ1v) is 11.9. The Morgan fingerprint density at radius 3 is 2.06 bits per heavy atom. The van der Waals surface area contributed by atoms with Crippen LogP contribution in [0.25, 0.3) is 0 Å². The molecule has 0 spiro atoms. The molecule has 2 rings (SSSR count). The molecule has 1 fully saturated rings. The van der Waals surface area contributed by atoms with E-state index < -0.39 is 52.9 Å². The molecule has 1 aliphatic heterocycles. The third kappa shape index (κ3) is 8.13. The molecule has 0 aliphatic carbocycles. The van der Waals surface area contributed by atoms with Crippen LogP contribution < -0.4 is 5.43 Å². The molecular formula is C26H39N3O7. The average molecular weight is 506 g/mol. The van der Waals surface area contributed by atoms with Gasteiger partial charge in [-0.2, -0.15) is 0 Å². The highest BCUT2D eigenvalue weighted by Crippen LogP contribution is 2.30. The van der Waals surface area contributed by atoms with Gasteiger partial charge in [0.05, 0.1) is 6.04 Å². The van der Waals surface area contributed by atoms with E-state index in [1.165, 1.54) is 0 Å². The van der Waals surface area contributed by atoms with E-state index in [1.54, 1.807) is 62.3 Å². The molecule has 1 aromatic carbocycles. The number of ether oxygens (including phenoxy) is 3. The number of benzene rings is 1. The minimum absolute atomic E-state index is 0.0161. The van der Waals surface area contributed by atoms with Crippen molar-refractivity contribution in [2.45, 2.75) is 92.0 Å². The van der Waals surface area contributed by atoms with Gasteiger partial charge in [-0.1, -0.05) is 51.1 Å². The quantitative estimate of drug-likeness (QED) is 0.467. The number of hydrogen-bond acceptors (Lipinski definition) is 7. The normalized spacial score (nSPS) is 17.2. The zero-order valence-electron chi connectivity index (χ0n) is 22.7. The van der Waals surface area contributed by atoms with Crippen molar-refractivity contribution in [2.75, 3.05) is 6.61 Å². The van der Waals surface area contributed by atoms with Crippen LogP contribution in [0.15, 0.2) is 30.3 Å². The zero-order valence-corrected chi connectivity index (χ0v) is 22.7. The summed E-state index contributed by atoms with van der Waals surface area (Å²) < 4.78 is 16.0. The SMILES string of the molecule is CC(C)(C)OC(=O)NN(C(=O)OC(C)(C)C)[C@@H](C(=O)N1C(=O)OC[C@@H]1Cc1ccccc1)C(C)(C)C. The van der Waals surface area contributed by atoms with Crippen molar-refractivity contribution < 1.29 is 33.4 Å². The Kier molecular flexibility index (Phi) is 8.65. The van der Waals surface area contributed by atoms with E-state index in [0.29, 0.717) is 6.42 Å². The molecule has 10 nitrogen and oxygen atoms in total. The maximum Gasteiger partial charge on any atom is 0.430 e. The summed E-state index contributed by atoms with van der Waals surface area (Å²) >= 11 is 0. The minimum atomic E-state index is -1.32. The van der Waals surface area contributed by atoms with Crippen molar-refractivity contribution in [3.8, 4) is 0 Å². The Balaban J connectivity index is 2.46. The van der Waals surface area contributed by atoms with Gasteiger partial charge in [0, 0.05) is 0 Å². The molecule has 36 heavy (non-hydrogen) atoms. The van der Waals surface area contributed by atoms with E-state index in [1.807, 2.05) is 30.3 Å². The summed E-state index contributed by atoms with van der Waals surface area (Å²) in [5.41, 5.74) is 0.601. The number of cyclic esters (lactones) is 1. The van der Waals surface area contributed by atoms with Gasteiger partial charge in [-0.15, -0.1) is 0 Å². The average Bonchev–Trinajstić information content (AvgIpc) is 3.04. The molecule has 4 amide bonds. The Morgan fingerprint density at radius 1 is 1.00 bits per heavy atom. The fourth-order valence-electron chi connectivity index (χ4n) is 3.69. The summed E-state index contributed by atoms with van der Waals surface area (Å²) in [6.07, 6.45) is -2.34. The molecule has 10 heteroatoms. The number of rotatable bonds is 4. The number of nitrogens with one attached hydrogen (secondary N) is 1. The molecule has 0 unspecified atom stereocenters. The van der Waals surface area contributed by atoms with Crippen LogP contribution in [0.4, 0.5) is 14.4 Å². The predicted octanol–water partition coefficient (Wildman–Crippen LogP) is 4.67. The standard InChI is InChI=1S/C26H39N3O7/c1-24(2,3)19(29(23(33)36-26(7,8)9)27-21(31)35-25(4,5)6)20(30)28-18(16-34-22(28)32)15-17-13-11-10-12-14-17/h10-14,18-19H,15-16H2,1-9H3,(H,27,31)/t18-,19-/m0/s1. The lowest BCUT2D eigenvalue weighted by molar-refractivity contribution is -0.140. The van der Waals surface area contributed by atoms with Gasteiger partial charge in [-0.3, -0.25) is 4.79 Å². The second kappa shape index (κ2) is 10.8. The zero-order chi connectivity index (χ0) is 27.5. The molecular weight excluding hydrogens is 466 g/mol. The highest BCUT2D eigenvalue weighted by Gasteiger charge is 2.49. The number of hydrogen-bond donors (Lipinski definition) is 1. The van der Waals surface area contributed by atoms with Crippen LogP contribution in [-0.2, 0) is 25.4 Å². The molecule has 1 aromatic rings. The van der Waals surface area contributed by atoms with E-state index in [0.717, 1.165) is 15.5 Å². The predicted molar refractivity (Wildman–Crippen MR) is 133 cm³/mol. The summed E-state index contributed by atoms with van der Waals surface area (Å²) in [5.74, 6) is -0.701. The van der Waals surface area contributed by atoms with E-state index in [4.69, 9.17) is 14.2 Å². The van der Waals surface area contributed by atoms with Crippen LogP contribution >= 0.6 is 0 Å². The van der Waals surface area contributed by atoms with E-state index in [2.05, 4.69) is 5.43 Å². The molecule has 0 bridgehead atoms. The lowest BCUT2D eigenvalue weighted by Crippen LogP contribution is -2.64. The third-order valence-electron chi connectivity index (χ3n) is 5.03. The molecule has 1 N–H and O–H groups in total. The Labute approximate surface area is 213 Å². The Morgan fingerprint density at radius 2 is 1.56 bits per heavy atom. The smallest absolute Gasteiger partial charge is 0.430 e. The van der Waals surface area contributed by atoms with E-state index in [-0.39, 0.29) is 6.61 Å². The summed E-state index contributed by atoms with van der Waals surface area (Å²) in [6, 6.07) is 7.49. The number of carbonyl (C=O) groups is 4.